The molecule has 0 heterocycles. The standard InChI is InChI=1S/C13H18FNO/c1-13(6-7-13)9-15-8-12(16)10-4-2-3-5-11(10)14/h2-5,12,15-16H,6-9H2,1H3. The van der Waals surface area contributed by atoms with E-state index in [1.165, 1.54) is 18.9 Å². The van der Waals surface area contributed by atoms with Gasteiger partial charge in [0.2, 0.25) is 0 Å². The first-order chi connectivity index (χ1) is 7.61. The Morgan fingerprint density at radius 1 is 1.44 bits per heavy atom. The van der Waals surface area contributed by atoms with Gasteiger partial charge in [0.05, 0.1) is 6.10 Å². The van der Waals surface area contributed by atoms with Crippen LogP contribution < -0.4 is 5.32 Å². The second-order valence-electron chi connectivity index (χ2n) is 4.98. The number of hydrogen-bond acceptors (Lipinski definition) is 2. The Morgan fingerprint density at radius 3 is 2.75 bits per heavy atom. The zero-order valence-electron chi connectivity index (χ0n) is 9.54. The summed E-state index contributed by atoms with van der Waals surface area (Å²) < 4.78 is 13.3. The van der Waals surface area contributed by atoms with Crippen molar-refractivity contribution in [2.24, 2.45) is 5.41 Å². The van der Waals surface area contributed by atoms with Crippen LogP contribution in [-0.2, 0) is 0 Å². The molecule has 2 nitrogen and oxygen atoms in total. The van der Waals surface area contributed by atoms with Crippen LogP contribution in [0.25, 0.3) is 0 Å². The van der Waals surface area contributed by atoms with E-state index < -0.39 is 6.10 Å². The molecule has 0 spiro atoms. The third-order valence-electron chi connectivity index (χ3n) is 3.26. The second-order valence-corrected chi connectivity index (χ2v) is 4.98. The molecule has 1 unspecified atom stereocenters. The van der Waals surface area contributed by atoms with Gasteiger partial charge in [-0.25, -0.2) is 4.39 Å². The number of aliphatic hydroxyl groups excluding tert-OH is 1. The molecule has 1 aromatic carbocycles. The van der Waals surface area contributed by atoms with Crippen molar-refractivity contribution < 1.29 is 9.50 Å². The van der Waals surface area contributed by atoms with E-state index in [0.29, 0.717) is 17.5 Å². The molecule has 0 aliphatic heterocycles. The van der Waals surface area contributed by atoms with Gasteiger partial charge in [0.25, 0.3) is 0 Å². The normalized spacial score (nSPS) is 19.4. The molecule has 2 rings (SSSR count). The van der Waals surface area contributed by atoms with Crippen LogP contribution in [0.2, 0.25) is 0 Å². The van der Waals surface area contributed by atoms with E-state index in [1.807, 2.05) is 0 Å². The predicted molar refractivity (Wildman–Crippen MR) is 61.6 cm³/mol. The van der Waals surface area contributed by atoms with Crippen LogP contribution in [0.3, 0.4) is 0 Å². The van der Waals surface area contributed by atoms with Crippen molar-refractivity contribution in [3.8, 4) is 0 Å². The highest BCUT2D eigenvalue weighted by Crippen LogP contribution is 2.44. The molecule has 0 radical (unpaired) electrons. The van der Waals surface area contributed by atoms with Gasteiger partial charge in [-0.1, -0.05) is 25.1 Å². The third kappa shape index (κ3) is 2.80. The number of rotatable bonds is 5. The first-order valence-electron chi connectivity index (χ1n) is 5.74. The lowest BCUT2D eigenvalue weighted by Gasteiger charge is -2.15. The van der Waals surface area contributed by atoms with E-state index >= 15 is 0 Å². The minimum atomic E-state index is -0.761. The maximum Gasteiger partial charge on any atom is 0.129 e. The number of halogens is 1. The zero-order valence-corrected chi connectivity index (χ0v) is 9.54. The van der Waals surface area contributed by atoms with Gasteiger partial charge in [-0.2, -0.15) is 0 Å². The summed E-state index contributed by atoms with van der Waals surface area (Å²) in [5, 5.41) is 13.0. The van der Waals surface area contributed by atoms with Crippen molar-refractivity contribution in [2.75, 3.05) is 13.1 Å². The van der Waals surface area contributed by atoms with E-state index in [-0.39, 0.29) is 5.82 Å². The number of benzene rings is 1. The van der Waals surface area contributed by atoms with Gasteiger partial charge in [0.15, 0.2) is 0 Å². The Morgan fingerprint density at radius 2 is 2.12 bits per heavy atom. The molecule has 1 aromatic rings. The highest BCUT2D eigenvalue weighted by atomic mass is 19.1. The van der Waals surface area contributed by atoms with Gasteiger partial charge in [-0.05, 0) is 24.3 Å². The van der Waals surface area contributed by atoms with E-state index in [9.17, 15) is 9.50 Å². The van der Waals surface area contributed by atoms with E-state index in [2.05, 4.69) is 12.2 Å². The molecule has 1 saturated carbocycles. The lowest BCUT2D eigenvalue weighted by molar-refractivity contribution is 0.168. The molecule has 1 fully saturated rings. The molecule has 88 valence electrons. The molecule has 0 bridgehead atoms. The summed E-state index contributed by atoms with van der Waals surface area (Å²) in [6, 6.07) is 6.37. The zero-order chi connectivity index (χ0) is 11.6. The smallest absolute Gasteiger partial charge is 0.129 e. The Balaban J connectivity index is 1.83. The van der Waals surface area contributed by atoms with Crippen LogP contribution in [0.5, 0.6) is 0 Å². The summed E-state index contributed by atoms with van der Waals surface area (Å²) in [6.07, 6.45) is 1.73. The molecule has 0 amide bonds. The monoisotopic (exact) mass is 223 g/mol. The maximum atomic E-state index is 13.3. The van der Waals surface area contributed by atoms with Crippen molar-refractivity contribution >= 4 is 0 Å². The van der Waals surface area contributed by atoms with Crippen LogP contribution >= 0.6 is 0 Å². The Labute approximate surface area is 95.5 Å². The van der Waals surface area contributed by atoms with Crippen molar-refractivity contribution in [3.05, 3.63) is 35.6 Å². The Bertz CT molecular complexity index is 363. The topological polar surface area (TPSA) is 32.3 Å². The molecule has 16 heavy (non-hydrogen) atoms. The van der Waals surface area contributed by atoms with Gasteiger partial charge in [-0.3, -0.25) is 0 Å². The summed E-state index contributed by atoms with van der Waals surface area (Å²) in [5.41, 5.74) is 0.783. The van der Waals surface area contributed by atoms with E-state index in [1.54, 1.807) is 18.2 Å². The van der Waals surface area contributed by atoms with Gasteiger partial charge in [0, 0.05) is 18.7 Å². The van der Waals surface area contributed by atoms with E-state index in [0.717, 1.165) is 6.54 Å². The molecule has 1 atom stereocenters. The molecule has 3 heteroatoms. The fourth-order valence-corrected chi connectivity index (χ4v) is 1.76. The average Bonchev–Trinajstić information content (AvgIpc) is 2.97. The minimum Gasteiger partial charge on any atom is -0.387 e. The van der Waals surface area contributed by atoms with Gasteiger partial charge in [0.1, 0.15) is 5.82 Å². The van der Waals surface area contributed by atoms with Gasteiger partial charge >= 0.3 is 0 Å². The summed E-state index contributed by atoms with van der Waals surface area (Å²) in [7, 11) is 0. The number of nitrogens with one attached hydrogen (secondary N) is 1. The highest BCUT2D eigenvalue weighted by Gasteiger charge is 2.36. The first-order valence-corrected chi connectivity index (χ1v) is 5.74. The van der Waals surface area contributed by atoms with Gasteiger partial charge in [-0.15, -0.1) is 0 Å². The third-order valence-corrected chi connectivity index (χ3v) is 3.26. The summed E-state index contributed by atoms with van der Waals surface area (Å²) in [6.45, 7) is 3.53. The average molecular weight is 223 g/mol. The quantitative estimate of drug-likeness (QED) is 0.802. The van der Waals surface area contributed by atoms with Crippen molar-refractivity contribution in [2.45, 2.75) is 25.9 Å². The first kappa shape index (κ1) is 11.6. The highest BCUT2D eigenvalue weighted by molar-refractivity contribution is 5.19. The Hall–Kier alpha value is -0.930. The second kappa shape index (κ2) is 4.52. The molecular formula is C13H18FNO. The predicted octanol–water partition coefficient (Wildman–Crippen LogP) is 2.25. The summed E-state index contributed by atoms with van der Waals surface area (Å²) >= 11 is 0. The molecule has 2 N–H and O–H groups in total. The molecule has 0 aromatic heterocycles. The molecule has 0 saturated heterocycles. The summed E-state index contributed by atoms with van der Waals surface area (Å²) in [4.78, 5) is 0. The lowest BCUT2D eigenvalue weighted by atomic mass is 10.1. The summed E-state index contributed by atoms with van der Waals surface area (Å²) in [5.74, 6) is -0.338. The largest absolute Gasteiger partial charge is 0.387 e. The number of hydrogen-bond donors (Lipinski definition) is 2. The SMILES string of the molecule is CC1(CNCC(O)c2ccccc2F)CC1. The van der Waals surface area contributed by atoms with Crippen LogP contribution in [0.1, 0.15) is 31.4 Å². The van der Waals surface area contributed by atoms with Crippen LogP contribution in [0, 0.1) is 11.2 Å². The Kier molecular flexibility index (Phi) is 3.26. The van der Waals surface area contributed by atoms with Crippen molar-refractivity contribution in [1.29, 1.82) is 0 Å². The van der Waals surface area contributed by atoms with Gasteiger partial charge < -0.3 is 10.4 Å². The molecular weight excluding hydrogens is 205 g/mol. The van der Waals surface area contributed by atoms with Crippen molar-refractivity contribution in [1.82, 2.24) is 5.32 Å². The lowest BCUT2D eigenvalue weighted by Crippen LogP contribution is -2.27. The molecule has 1 aliphatic carbocycles. The van der Waals surface area contributed by atoms with Crippen molar-refractivity contribution in [3.63, 3.8) is 0 Å². The minimum absolute atomic E-state index is 0.338. The number of aliphatic hydroxyl groups is 1. The molecule has 1 aliphatic rings. The van der Waals surface area contributed by atoms with Crippen LogP contribution in [0.15, 0.2) is 24.3 Å². The fourth-order valence-electron chi connectivity index (χ4n) is 1.76. The van der Waals surface area contributed by atoms with Crippen LogP contribution in [-0.4, -0.2) is 18.2 Å². The van der Waals surface area contributed by atoms with E-state index in [4.69, 9.17) is 0 Å². The van der Waals surface area contributed by atoms with Crippen LogP contribution in [0.4, 0.5) is 4.39 Å². The fraction of sp³-hybridized carbons (Fsp3) is 0.538. The maximum absolute atomic E-state index is 13.3.